The molecule has 0 aliphatic rings. The van der Waals surface area contributed by atoms with E-state index in [1.54, 1.807) is 7.11 Å². The van der Waals surface area contributed by atoms with Crippen LogP contribution in [0.25, 0.3) is 0 Å². The van der Waals surface area contributed by atoms with Gasteiger partial charge in [0.25, 0.3) is 0 Å². The smallest absolute Gasteiger partial charge is 0.241 e. The van der Waals surface area contributed by atoms with Crippen LogP contribution in [0.4, 0.5) is 5.69 Å². The number of anilines is 1. The van der Waals surface area contributed by atoms with Gasteiger partial charge in [0.05, 0.1) is 18.8 Å². The zero-order valence-corrected chi connectivity index (χ0v) is 12.8. The topological polar surface area (TPSA) is 67.6 Å². The van der Waals surface area contributed by atoms with Gasteiger partial charge in [-0.15, -0.1) is 0 Å². The molecule has 1 amide bonds. The second-order valence-corrected chi connectivity index (χ2v) is 5.16. The molecule has 0 radical (unpaired) electrons. The van der Waals surface area contributed by atoms with E-state index in [1.165, 1.54) is 0 Å². The minimum Gasteiger partial charge on any atom is -0.495 e. The summed E-state index contributed by atoms with van der Waals surface area (Å²) >= 11 is 0. The molecule has 1 atom stereocenters. The minimum absolute atomic E-state index is 0.174. The molecule has 3 N–H and O–H groups in total. The molecule has 0 aliphatic carbocycles. The van der Waals surface area contributed by atoms with Crippen molar-refractivity contribution in [2.75, 3.05) is 26.5 Å². The van der Waals surface area contributed by atoms with Crippen LogP contribution in [0.5, 0.6) is 5.75 Å². The van der Waals surface area contributed by atoms with Gasteiger partial charge in [-0.05, 0) is 38.2 Å². The van der Waals surface area contributed by atoms with E-state index in [4.69, 9.17) is 10.5 Å². The maximum Gasteiger partial charge on any atom is 0.241 e. The van der Waals surface area contributed by atoms with Crippen LogP contribution in [0.15, 0.2) is 18.2 Å². The van der Waals surface area contributed by atoms with Crippen molar-refractivity contribution < 1.29 is 9.53 Å². The molecule has 1 aromatic rings. The van der Waals surface area contributed by atoms with Crippen molar-refractivity contribution in [2.45, 2.75) is 32.4 Å². The molecule has 0 aliphatic heterocycles. The third-order valence-corrected chi connectivity index (χ3v) is 2.96. The van der Waals surface area contributed by atoms with Crippen molar-refractivity contribution >= 4 is 11.6 Å². The molecule has 112 valence electrons. The molecule has 5 nitrogen and oxygen atoms in total. The Kier molecular flexibility index (Phi) is 6.48. The van der Waals surface area contributed by atoms with Crippen LogP contribution in [-0.4, -0.2) is 38.1 Å². The molecule has 0 aromatic heterocycles. The number of rotatable bonds is 7. The first kappa shape index (κ1) is 16.5. The highest BCUT2D eigenvalue weighted by molar-refractivity contribution is 5.96. The van der Waals surface area contributed by atoms with Gasteiger partial charge in [0.1, 0.15) is 5.75 Å². The predicted octanol–water partition coefficient (Wildman–Crippen LogP) is 1.82. The molecule has 1 unspecified atom stereocenters. The maximum absolute atomic E-state index is 12.0. The number of carbonyl (C=O) groups is 1. The molecular weight excluding hydrogens is 254 g/mol. The van der Waals surface area contributed by atoms with Crippen molar-refractivity contribution in [3.05, 3.63) is 23.8 Å². The van der Waals surface area contributed by atoms with Gasteiger partial charge in [-0.3, -0.25) is 4.79 Å². The van der Waals surface area contributed by atoms with E-state index < -0.39 is 6.04 Å². The molecular formula is C15H25N3O2. The summed E-state index contributed by atoms with van der Waals surface area (Å²) in [4.78, 5) is 14.1. The molecule has 0 bridgehead atoms. The highest BCUT2D eigenvalue weighted by atomic mass is 16.5. The predicted molar refractivity (Wildman–Crippen MR) is 81.9 cm³/mol. The van der Waals surface area contributed by atoms with Crippen LogP contribution in [0.3, 0.4) is 0 Å². The van der Waals surface area contributed by atoms with Crippen LogP contribution in [-0.2, 0) is 11.3 Å². The van der Waals surface area contributed by atoms with E-state index >= 15 is 0 Å². The number of benzene rings is 1. The number of amides is 1. The Morgan fingerprint density at radius 1 is 1.45 bits per heavy atom. The van der Waals surface area contributed by atoms with Crippen molar-refractivity contribution in [1.82, 2.24) is 4.90 Å². The van der Waals surface area contributed by atoms with Crippen LogP contribution < -0.4 is 15.8 Å². The van der Waals surface area contributed by atoms with Gasteiger partial charge in [0, 0.05) is 6.54 Å². The van der Waals surface area contributed by atoms with E-state index in [2.05, 4.69) is 10.2 Å². The zero-order chi connectivity index (χ0) is 15.1. The van der Waals surface area contributed by atoms with Crippen molar-refractivity contribution in [3.8, 4) is 5.75 Å². The molecule has 0 spiro atoms. The van der Waals surface area contributed by atoms with Gasteiger partial charge in [0.15, 0.2) is 0 Å². The van der Waals surface area contributed by atoms with Gasteiger partial charge in [-0.25, -0.2) is 0 Å². The lowest BCUT2D eigenvalue weighted by Crippen LogP contribution is -2.35. The van der Waals surface area contributed by atoms with Gasteiger partial charge in [-0.2, -0.15) is 0 Å². The molecule has 0 saturated heterocycles. The molecule has 0 saturated carbocycles. The Morgan fingerprint density at radius 2 is 2.15 bits per heavy atom. The molecule has 20 heavy (non-hydrogen) atoms. The number of carbonyl (C=O) groups excluding carboxylic acids is 1. The number of ether oxygens (including phenoxy) is 1. The van der Waals surface area contributed by atoms with Crippen LogP contribution in [0.2, 0.25) is 0 Å². The summed E-state index contributed by atoms with van der Waals surface area (Å²) in [6.45, 7) is 2.80. The lowest BCUT2D eigenvalue weighted by molar-refractivity contribution is -0.117. The fraction of sp³-hybridized carbons (Fsp3) is 0.533. The summed E-state index contributed by atoms with van der Waals surface area (Å²) < 4.78 is 5.28. The fourth-order valence-electron chi connectivity index (χ4n) is 1.98. The molecule has 5 heteroatoms. The number of nitrogens with one attached hydrogen (secondary N) is 1. The number of nitrogens with two attached hydrogens (primary N) is 1. The third kappa shape index (κ3) is 4.83. The summed E-state index contributed by atoms with van der Waals surface area (Å²) in [5.41, 5.74) is 7.60. The maximum atomic E-state index is 12.0. The average Bonchev–Trinajstić information content (AvgIpc) is 2.38. The fourth-order valence-corrected chi connectivity index (χ4v) is 1.98. The summed E-state index contributed by atoms with van der Waals surface area (Å²) in [5.74, 6) is 0.469. The quantitative estimate of drug-likeness (QED) is 0.799. The van der Waals surface area contributed by atoms with Crippen molar-refractivity contribution in [3.63, 3.8) is 0 Å². The standard InChI is InChI=1S/C15H25N3O2/c1-5-6-12(16)15(19)17-13-9-11(10-18(2)3)7-8-14(13)20-4/h7-9,12H,5-6,10,16H2,1-4H3,(H,17,19). The molecule has 1 rings (SSSR count). The lowest BCUT2D eigenvalue weighted by atomic mass is 10.1. The molecule has 1 aromatic carbocycles. The summed E-state index contributed by atoms with van der Waals surface area (Å²) in [6, 6.07) is 5.29. The molecule has 0 heterocycles. The third-order valence-electron chi connectivity index (χ3n) is 2.96. The first-order valence-corrected chi connectivity index (χ1v) is 6.86. The van der Waals surface area contributed by atoms with Crippen LogP contribution >= 0.6 is 0 Å². The van der Waals surface area contributed by atoms with Gasteiger partial charge >= 0.3 is 0 Å². The van der Waals surface area contributed by atoms with Gasteiger partial charge in [-0.1, -0.05) is 19.4 Å². The largest absolute Gasteiger partial charge is 0.495 e. The zero-order valence-electron chi connectivity index (χ0n) is 12.8. The van der Waals surface area contributed by atoms with E-state index in [-0.39, 0.29) is 5.91 Å². The Bertz CT molecular complexity index is 447. The van der Waals surface area contributed by atoms with E-state index in [9.17, 15) is 4.79 Å². The number of methoxy groups -OCH3 is 1. The Morgan fingerprint density at radius 3 is 2.70 bits per heavy atom. The monoisotopic (exact) mass is 279 g/mol. The van der Waals surface area contributed by atoms with Crippen molar-refractivity contribution in [2.24, 2.45) is 5.73 Å². The second-order valence-electron chi connectivity index (χ2n) is 5.16. The highest BCUT2D eigenvalue weighted by Gasteiger charge is 2.15. The van der Waals surface area contributed by atoms with E-state index in [0.29, 0.717) is 17.9 Å². The highest BCUT2D eigenvalue weighted by Crippen LogP contribution is 2.26. The first-order valence-electron chi connectivity index (χ1n) is 6.86. The normalized spacial score (nSPS) is 12.3. The average molecular weight is 279 g/mol. The second kappa shape index (κ2) is 7.87. The molecule has 0 fully saturated rings. The van der Waals surface area contributed by atoms with Crippen LogP contribution in [0.1, 0.15) is 25.3 Å². The summed E-state index contributed by atoms with van der Waals surface area (Å²) in [6.07, 6.45) is 1.55. The van der Waals surface area contributed by atoms with E-state index in [0.717, 1.165) is 18.5 Å². The SMILES string of the molecule is CCCC(N)C(=O)Nc1cc(CN(C)C)ccc1OC. The van der Waals surface area contributed by atoms with E-state index in [1.807, 2.05) is 39.2 Å². The van der Waals surface area contributed by atoms with Gasteiger partial charge in [0.2, 0.25) is 5.91 Å². The Hall–Kier alpha value is -1.59. The number of hydrogen-bond donors (Lipinski definition) is 2. The number of hydrogen-bond acceptors (Lipinski definition) is 4. The Labute approximate surface area is 121 Å². The first-order chi connectivity index (χ1) is 9.47. The minimum atomic E-state index is -0.484. The number of nitrogens with zero attached hydrogens (tertiary/aromatic N) is 1. The summed E-state index contributed by atoms with van der Waals surface area (Å²) in [5, 5.41) is 2.85. The van der Waals surface area contributed by atoms with Crippen molar-refractivity contribution in [1.29, 1.82) is 0 Å². The summed E-state index contributed by atoms with van der Waals surface area (Å²) in [7, 11) is 5.59. The van der Waals surface area contributed by atoms with Crippen LogP contribution in [0, 0.1) is 0 Å². The lowest BCUT2D eigenvalue weighted by Gasteiger charge is -2.16. The van der Waals surface area contributed by atoms with Gasteiger partial charge < -0.3 is 20.7 Å². The Balaban J connectivity index is 2.88.